The third-order valence-corrected chi connectivity index (χ3v) is 3.81. The molecule has 1 aliphatic rings. The number of benzene rings is 2. The van der Waals surface area contributed by atoms with E-state index in [0.717, 1.165) is 11.3 Å². The highest BCUT2D eigenvalue weighted by molar-refractivity contribution is 5.77. The van der Waals surface area contributed by atoms with Gasteiger partial charge in [-0.25, -0.2) is 0 Å². The number of carboxylic acid groups (broad SMARTS) is 1. The third kappa shape index (κ3) is 3.62. The molecule has 0 saturated carbocycles. The van der Waals surface area contributed by atoms with Gasteiger partial charge in [-0.1, -0.05) is 18.2 Å². The molecule has 0 amide bonds. The molecule has 1 aliphatic heterocycles. The predicted molar refractivity (Wildman–Crippen MR) is 88.9 cm³/mol. The smallest absolute Gasteiger partial charge is 0.311 e. The van der Waals surface area contributed by atoms with Crippen molar-refractivity contribution in [3.8, 4) is 17.2 Å². The van der Waals surface area contributed by atoms with Crippen LogP contribution in [0.3, 0.4) is 0 Å². The van der Waals surface area contributed by atoms with Crippen LogP contribution in [-0.2, 0) is 11.2 Å². The number of hydrogen-bond donors (Lipinski definition) is 1. The van der Waals surface area contributed by atoms with E-state index in [9.17, 15) is 9.90 Å². The monoisotopic (exact) mass is 328 g/mol. The topological polar surface area (TPSA) is 65.0 Å². The molecule has 5 nitrogen and oxygen atoms in total. The van der Waals surface area contributed by atoms with Gasteiger partial charge in [0.25, 0.3) is 0 Å². The van der Waals surface area contributed by atoms with Gasteiger partial charge >= 0.3 is 5.97 Å². The van der Waals surface area contributed by atoms with E-state index in [4.69, 9.17) is 14.2 Å². The van der Waals surface area contributed by atoms with E-state index in [2.05, 4.69) is 0 Å². The molecule has 0 spiro atoms. The molecule has 3 rings (SSSR count). The number of ether oxygens (including phenoxy) is 3. The molecule has 5 heteroatoms. The van der Waals surface area contributed by atoms with Crippen LogP contribution in [0.1, 0.15) is 30.9 Å². The summed E-state index contributed by atoms with van der Waals surface area (Å²) < 4.78 is 16.3. The van der Waals surface area contributed by atoms with Gasteiger partial charge in [0, 0.05) is 0 Å². The van der Waals surface area contributed by atoms with Gasteiger partial charge in [-0.15, -0.1) is 0 Å². The Morgan fingerprint density at radius 3 is 2.71 bits per heavy atom. The van der Waals surface area contributed by atoms with Gasteiger partial charge in [0.1, 0.15) is 5.75 Å². The van der Waals surface area contributed by atoms with Gasteiger partial charge in [-0.3, -0.25) is 4.79 Å². The zero-order valence-corrected chi connectivity index (χ0v) is 13.7. The van der Waals surface area contributed by atoms with E-state index in [-0.39, 0.29) is 12.9 Å². The molecule has 2 aromatic carbocycles. The number of carboxylic acids is 1. The number of rotatable bonds is 6. The van der Waals surface area contributed by atoms with Crippen molar-refractivity contribution in [1.82, 2.24) is 0 Å². The fourth-order valence-electron chi connectivity index (χ4n) is 2.73. The van der Waals surface area contributed by atoms with Crippen LogP contribution in [0.15, 0.2) is 42.5 Å². The number of hydrogen-bond acceptors (Lipinski definition) is 4. The van der Waals surface area contributed by atoms with Crippen molar-refractivity contribution in [2.24, 2.45) is 0 Å². The molecule has 0 fully saturated rings. The van der Waals surface area contributed by atoms with Crippen molar-refractivity contribution < 1.29 is 24.1 Å². The van der Waals surface area contributed by atoms with E-state index >= 15 is 0 Å². The van der Waals surface area contributed by atoms with Crippen LogP contribution >= 0.6 is 0 Å². The summed E-state index contributed by atoms with van der Waals surface area (Å²) >= 11 is 0. The highest BCUT2D eigenvalue weighted by Gasteiger charge is 2.23. The zero-order chi connectivity index (χ0) is 17.1. The molecular formula is C19H20O5. The Hall–Kier alpha value is -2.69. The first-order valence-corrected chi connectivity index (χ1v) is 7.91. The molecule has 1 heterocycles. The normalized spacial score (nSPS) is 13.8. The third-order valence-electron chi connectivity index (χ3n) is 3.81. The Bertz CT molecular complexity index is 738. The van der Waals surface area contributed by atoms with Gasteiger partial charge in [-0.2, -0.15) is 0 Å². The lowest BCUT2D eigenvalue weighted by Crippen LogP contribution is -2.14. The summed E-state index contributed by atoms with van der Waals surface area (Å²) in [6.07, 6.45) is 0.453. The summed E-state index contributed by atoms with van der Waals surface area (Å²) in [7, 11) is 0. The lowest BCUT2D eigenvalue weighted by Gasteiger charge is -2.15. The lowest BCUT2D eigenvalue weighted by atomic mass is 9.91. The van der Waals surface area contributed by atoms with Crippen molar-refractivity contribution in [3.05, 3.63) is 53.6 Å². The minimum Gasteiger partial charge on any atom is -0.491 e. The van der Waals surface area contributed by atoms with Crippen molar-refractivity contribution in [2.75, 3.05) is 6.79 Å². The molecule has 0 aromatic heterocycles. The molecule has 1 unspecified atom stereocenters. The average molecular weight is 328 g/mol. The minimum atomic E-state index is -0.871. The SMILES string of the molecule is CC(C)Oc1cccc(CC(C(=O)O)c2ccc3c(c2)OCO3)c1. The first kappa shape index (κ1) is 16.2. The first-order valence-electron chi connectivity index (χ1n) is 7.91. The van der Waals surface area contributed by atoms with Crippen LogP contribution in [-0.4, -0.2) is 24.0 Å². The van der Waals surface area contributed by atoms with Crippen LogP contribution in [0, 0.1) is 0 Å². The fraction of sp³-hybridized carbons (Fsp3) is 0.316. The van der Waals surface area contributed by atoms with Crippen LogP contribution in [0.2, 0.25) is 0 Å². The Balaban J connectivity index is 1.83. The Morgan fingerprint density at radius 1 is 1.17 bits per heavy atom. The lowest BCUT2D eigenvalue weighted by molar-refractivity contribution is -0.138. The Kier molecular flexibility index (Phi) is 4.60. The van der Waals surface area contributed by atoms with Crippen LogP contribution in [0.25, 0.3) is 0 Å². The van der Waals surface area contributed by atoms with Crippen molar-refractivity contribution >= 4 is 5.97 Å². The van der Waals surface area contributed by atoms with E-state index in [1.807, 2.05) is 38.1 Å². The van der Waals surface area contributed by atoms with E-state index < -0.39 is 11.9 Å². The quantitative estimate of drug-likeness (QED) is 0.877. The Labute approximate surface area is 140 Å². The van der Waals surface area contributed by atoms with Crippen molar-refractivity contribution in [3.63, 3.8) is 0 Å². The first-order chi connectivity index (χ1) is 11.5. The van der Waals surface area contributed by atoms with Crippen LogP contribution in [0.4, 0.5) is 0 Å². The minimum absolute atomic E-state index is 0.0735. The molecule has 24 heavy (non-hydrogen) atoms. The molecule has 1 atom stereocenters. The number of carbonyl (C=O) groups is 1. The summed E-state index contributed by atoms with van der Waals surface area (Å²) in [5.41, 5.74) is 1.61. The molecule has 2 aromatic rings. The maximum Gasteiger partial charge on any atom is 0.311 e. The average Bonchev–Trinajstić information content (AvgIpc) is 2.99. The second kappa shape index (κ2) is 6.83. The maximum atomic E-state index is 11.8. The molecule has 0 saturated heterocycles. The van der Waals surface area contributed by atoms with E-state index in [0.29, 0.717) is 23.5 Å². The summed E-state index contributed by atoms with van der Waals surface area (Å²) in [5, 5.41) is 9.65. The molecular weight excluding hydrogens is 308 g/mol. The van der Waals surface area contributed by atoms with E-state index in [1.165, 1.54) is 0 Å². The van der Waals surface area contributed by atoms with Gasteiger partial charge in [0.15, 0.2) is 11.5 Å². The van der Waals surface area contributed by atoms with Gasteiger partial charge < -0.3 is 19.3 Å². The molecule has 0 radical (unpaired) electrons. The second-order valence-corrected chi connectivity index (χ2v) is 6.02. The highest BCUT2D eigenvalue weighted by atomic mass is 16.7. The summed E-state index contributed by atoms with van der Waals surface area (Å²) in [4.78, 5) is 11.8. The highest BCUT2D eigenvalue weighted by Crippen LogP contribution is 2.35. The van der Waals surface area contributed by atoms with Crippen LogP contribution in [0.5, 0.6) is 17.2 Å². The second-order valence-electron chi connectivity index (χ2n) is 6.02. The molecule has 126 valence electrons. The van der Waals surface area contributed by atoms with Crippen molar-refractivity contribution in [1.29, 1.82) is 0 Å². The molecule has 0 bridgehead atoms. The fourth-order valence-corrected chi connectivity index (χ4v) is 2.73. The largest absolute Gasteiger partial charge is 0.491 e. The van der Waals surface area contributed by atoms with Crippen LogP contribution < -0.4 is 14.2 Å². The van der Waals surface area contributed by atoms with E-state index in [1.54, 1.807) is 18.2 Å². The van der Waals surface area contributed by atoms with Gasteiger partial charge in [-0.05, 0) is 55.7 Å². The molecule has 1 N–H and O–H groups in total. The Morgan fingerprint density at radius 2 is 1.96 bits per heavy atom. The summed E-state index contributed by atoms with van der Waals surface area (Å²) in [6.45, 7) is 4.09. The maximum absolute atomic E-state index is 11.8. The van der Waals surface area contributed by atoms with Gasteiger partial charge in [0.05, 0.1) is 12.0 Å². The van der Waals surface area contributed by atoms with Crippen molar-refractivity contribution in [2.45, 2.75) is 32.3 Å². The van der Waals surface area contributed by atoms with Gasteiger partial charge in [0.2, 0.25) is 6.79 Å². The molecule has 0 aliphatic carbocycles. The standard InChI is InChI=1S/C19H20O5/c1-12(2)24-15-5-3-4-13(8-15)9-16(19(20)21)14-6-7-17-18(10-14)23-11-22-17/h3-8,10,12,16H,9,11H2,1-2H3,(H,20,21). The number of aliphatic carboxylic acids is 1. The zero-order valence-electron chi connectivity index (χ0n) is 13.7. The summed E-state index contributed by atoms with van der Waals surface area (Å²) in [5.74, 6) is 0.459. The number of fused-ring (bicyclic) bond motifs is 1. The predicted octanol–water partition coefficient (Wildman–Crippen LogP) is 3.61. The summed E-state index contributed by atoms with van der Waals surface area (Å²) in [6, 6.07) is 12.8.